The van der Waals surface area contributed by atoms with Gasteiger partial charge in [-0.15, -0.1) is 0 Å². The van der Waals surface area contributed by atoms with Crippen molar-refractivity contribution >= 4 is 0 Å². The maximum Gasteiger partial charge on any atom is 0.147 e. The van der Waals surface area contributed by atoms with Crippen molar-refractivity contribution in [3.05, 3.63) is 0 Å². The minimum absolute atomic E-state index is 0.134. The average Bonchev–Trinajstić information content (AvgIpc) is 2.80. The Labute approximate surface area is 96.4 Å². The quantitative estimate of drug-likeness (QED) is 0.729. The van der Waals surface area contributed by atoms with Crippen LogP contribution in [0.15, 0.2) is 0 Å². The van der Waals surface area contributed by atoms with Crippen molar-refractivity contribution in [1.82, 2.24) is 5.32 Å². The molecule has 5 heteroatoms. The third-order valence-electron chi connectivity index (χ3n) is 3.29. The molecule has 94 valence electrons. The number of rotatable bonds is 5. The molecule has 2 aliphatic rings. The molecular formula is C11H21NO4. The summed E-state index contributed by atoms with van der Waals surface area (Å²) >= 11 is 0. The Bertz CT molecular complexity index is 200. The second kappa shape index (κ2) is 5.93. The van der Waals surface area contributed by atoms with Crippen LogP contribution in [-0.4, -0.2) is 58.5 Å². The van der Waals surface area contributed by atoms with Crippen LogP contribution in [-0.2, 0) is 18.9 Å². The Kier molecular flexibility index (Phi) is 4.55. The van der Waals surface area contributed by atoms with Gasteiger partial charge in [-0.1, -0.05) is 0 Å². The van der Waals surface area contributed by atoms with E-state index in [1.807, 2.05) is 0 Å². The number of hydrogen-bond donors (Lipinski definition) is 1. The summed E-state index contributed by atoms with van der Waals surface area (Å²) in [5.41, 5.74) is -0.134. The number of methoxy groups -OCH3 is 1. The SMILES string of the molecule is COC1(CNCC2CCOCO2)CCOC1. The second-order valence-electron chi connectivity index (χ2n) is 4.42. The Morgan fingerprint density at radius 2 is 2.31 bits per heavy atom. The highest BCUT2D eigenvalue weighted by atomic mass is 16.7. The number of ether oxygens (including phenoxy) is 4. The molecule has 2 heterocycles. The van der Waals surface area contributed by atoms with Crippen LogP contribution in [0.1, 0.15) is 12.8 Å². The first-order chi connectivity index (χ1) is 7.85. The Hall–Kier alpha value is -0.200. The molecule has 0 aromatic heterocycles. The van der Waals surface area contributed by atoms with Gasteiger partial charge in [-0.05, 0) is 6.42 Å². The summed E-state index contributed by atoms with van der Waals surface area (Å²) in [6.07, 6.45) is 2.19. The maximum atomic E-state index is 5.54. The highest BCUT2D eigenvalue weighted by molar-refractivity contribution is 4.87. The first kappa shape index (κ1) is 12.3. The van der Waals surface area contributed by atoms with E-state index in [1.54, 1.807) is 7.11 Å². The molecule has 2 rings (SSSR count). The lowest BCUT2D eigenvalue weighted by atomic mass is 10.0. The fourth-order valence-corrected chi connectivity index (χ4v) is 2.08. The fraction of sp³-hybridized carbons (Fsp3) is 1.00. The fourth-order valence-electron chi connectivity index (χ4n) is 2.08. The molecule has 2 atom stereocenters. The van der Waals surface area contributed by atoms with Gasteiger partial charge < -0.3 is 24.3 Å². The van der Waals surface area contributed by atoms with E-state index in [9.17, 15) is 0 Å². The van der Waals surface area contributed by atoms with Crippen LogP contribution in [0.5, 0.6) is 0 Å². The third kappa shape index (κ3) is 3.15. The summed E-state index contributed by atoms with van der Waals surface area (Å²) < 4.78 is 21.5. The molecule has 2 saturated heterocycles. The molecule has 2 unspecified atom stereocenters. The first-order valence-corrected chi connectivity index (χ1v) is 5.88. The van der Waals surface area contributed by atoms with E-state index < -0.39 is 0 Å². The van der Waals surface area contributed by atoms with Gasteiger partial charge in [-0.25, -0.2) is 0 Å². The molecule has 0 amide bonds. The Morgan fingerprint density at radius 3 is 2.94 bits per heavy atom. The van der Waals surface area contributed by atoms with Crippen molar-refractivity contribution in [2.75, 3.05) is 46.8 Å². The smallest absolute Gasteiger partial charge is 0.147 e. The predicted octanol–water partition coefficient (Wildman–Crippen LogP) is 0.145. The van der Waals surface area contributed by atoms with Gasteiger partial charge in [0.1, 0.15) is 12.4 Å². The normalized spacial score (nSPS) is 35.4. The first-order valence-electron chi connectivity index (χ1n) is 5.88. The highest BCUT2D eigenvalue weighted by Gasteiger charge is 2.34. The second-order valence-corrected chi connectivity index (χ2v) is 4.42. The van der Waals surface area contributed by atoms with Crippen LogP contribution in [0, 0.1) is 0 Å². The van der Waals surface area contributed by atoms with E-state index in [1.165, 1.54) is 0 Å². The lowest BCUT2D eigenvalue weighted by Gasteiger charge is -2.28. The topological polar surface area (TPSA) is 49.0 Å². The molecular weight excluding hydrogens is 210 g/mol. The van der Waals surface area contributed by atoms with Gasteiger partial charge in [-0.2, -0.15) is 0 Å². The Balaban J connectivity index is 1.66. The lowest BCUT2D eigenvalue weighted by molar-refractivity contribution is -0.138. The van der Waals surface area contributed by atoms with E-state index >= 15 is 0 Å². The van der Waals surface area contributed by atoms with Crippen LogP contribution in [0.3, 0.4) is 0 Å². The molecule has 5 nitrogen and oxygen atoms in total. The summed E-state index contributed by atoms with van der Waals surface area (Å²) in [6, 6.07) is 0. The van der Waals surface area contributed by atoms with Gasteiger partial charge in [0.2, 0.25) is 0 Å². The summed E-state index contributed by atoms with van der Waals surface area (Å²) in [4.78, 5) is 0. The Morgan fingerprint density at radius 1 is 1.38 bits per heavy atom. The van der Waals surface area contributed by atoms with Crippen molar-refractivity contribution in [3.8, 4) is 0 Å². The van der Waals surface area contributed by atoms with E-state index in [-0.39, 0.29) is 11.7 Å². The maximum absolute atomic E-state index is 5.54. The molecule has 0 spiro atoms. The van der Waals surface area contributed by atoms with Crippen molar-refractivity contribution in [3.63, 3.8) is 0 Å². The molecule has 0 aromatic rings. The van der Waals surface area contributed by atoms with Gasteiger partial charge in [0.05, 0.1) is 19.3 Å². The predicted molar refractivity (Wildman–Crippen MR) is 58.4 cm³/mol. The summed E-state index contributed by atoms with van der Waals surface area (Å²) in [5, 5.41) is 3.40. The minimum atomic E-state index is -0.134. The van der Waals surface area contributed by atoms with E-state index in [4.69, 9.17) is 18.9 Å². The van der Waals surface area contributed by atoms with Gasteiger partial charge >= 0.3 is 0 Å². The molecule has 0 radical (unpaired) electrons. The van der Waals surface area contributed by atoms with Gasteiger partial charge in [0, 0.05) is 33.2 Å². The molecule has 0 aromatic carbocycles. The van der Waals surface area contributed by atoms with Gasteiger partial charge in [0.25, 0.3) is 0 Å². The minimum Gasteiger partial charge on any atom is -0.378 e. The number of nitrogens with one attached hydrogen (secondary N) is 1. The molecule has 0 saturated carbocycles. The summed E-state index contributed by atoms with van der Waals surface area (Å²) in [6.45, 7) is 4.38. The van der Waals surface area contributed by atoms with Crippen molar-refractivity contribution in [2.45, 2.75) is 24.5 Å². The standard InChI is InChI=1S/C11H21NO4/c1-13-11(3-5-14-8-11)7-12-6-10-2-4-15-9-16-10/h10,12H,2-9H2,1H3. The van der Waals surface area contributed by atoms with E-state index in [0.29, 0.717) is 13.4 Å². The van der Waals surface area contributed by atoms with E-state index in [0.717, 1.165) is 39.1 Å². The van der Waals surface area contributed by atoms with Crippen molar-refractivity contribution in [2.24, 2.45) is 0 Å². The van der Waals surface area contributed by atoms with Gasteiger partial charge in [-0.3, -0.25) is 0 Å². The van der Waals surface area contributed by atoms with Crippen LogP contribution in [0.25, 0.3) is 0 Å². The largest absolute Gasteiger partial charge is 0.378 e. The monoisotopic (exact) mass is 231 g/mol. The zero-order chi connectivity index (χ0) is 11.3. The number of hydrogen-bond acceptors (Lipinski definition) is 5. The molecule has 16 heavy (non-hydrogen) atoms. The average molecular weight is 231 g/mol. The van der Waals surface area contributed by atoms with Crippen LogP contribution >= 0.6 is 0 Å². The van der Waals surface area contributed by atoms with Crippen molar-refractivity contribution in [1.29, 1.82) is 0 Å². The zero-order valence-corrected chi connectivity index (χ0v) is 9.87. The van der Waals surface area contributed by atoms with Gasteiger partial charge in [0.15, 0.2) is 0 Å². The molecule has 2 fully saturated rings. The third-order valence-corrected chi connectivity index (χ3v) is 3.29. The van der Waals surface area contributed by atoms with Crippen LogP contribution in [0.4, 0.5) is 0 Å². The highest BCUT2D eigenvalue weighted by Crippen LogP contribution is 2.21. The zero-order valence-electron chi connectivity index (χ0n) is 9.87. The summed E-state index contributed by atoms with van der Waals surface area (Å²) in [5.74, 6) is 0. The molecule has 0 bridgehead atoms. The van der Waals surface area contributed by atoms with Crippen molar-refractivity contribution < 1.29 is 18.9 Å². The van der Waals surface area contributed by atoms with Crippen LogP contribution < -0.4 is 5.32 Å². The summed E-state index contributed by atoms with van der Waals surface area (Å²) in [7, 11) is 1.75. The molecule has 2 aliphatic heterocycles. The molecule has 1 N–H and O–H groups in total. The molecule has 0 aliphatic carbocycles. The van der Waals surface area contributed by atoms with Crippen LogP contribution in [0.2, 0.25) is 0 Å². The lowest BCUT2D eigenvalue weighted by Crippen LogP contribution is -2.46. The van der Waals surface area contributed by atoms with E-state index in [2.05, 4.69) is 5.32 Å².